The molecule has 0 saturated carbocycles. The Morgan fingerprint density at radius 2 is 1.89 bits per heavy atom. The maximum absolute atomic E-state index is 12.6. The first-order valence-corrected chi connectivity index (χ1v) is 13.3. The smallest absolute Gasteiger partial charge is 0.283 e. The van der Waals surface area contributed by atoms with Gasteiger partial charge in [-0.3, -0.25) is 10.2 Å². The summed E-state index contributed by atoms with van der Waals surface area (Å²) in [5.74, 6) is 1.53. The van der Waals surface area contributed by atoms with Crippen molar-refractivity contribution in [1.29, 1.82) is 5.41 Å². The van der Waals surface area contributed by atoms with Crippen molar-refractivity contribution in [3.8, 4) is 17.2 Å². The summed E-state index contributed by atoms with van der Waals surface area (Å²) >= 11 is 7.81. The highest BCUT2D eigenvalue weighted by atomic mass is 35.5. The van der Waals surface area contributed by atoms with Gasteiger partial charge >= 0.3 is 0 Å². The third-order valence-corrected chi connectivity index (χ3v) is 7.36. The predicted octanol–water partition coefficient (Wildman–Crippen LogP) is 6.35. The molecule has 37 heavy (non-hydrogen) atoms. The van der Waals surface area contributed by atoms with Gasteiger partial charge < -0.3 is 14.2 Å². The highest BCUT2D eigenvalue weighted by Crippen LogP contribution is 2.38. The van der Waals surface area contributed by atoms with Crippen LogP contribution >= 0.6 is 23.4 Å². The number of amidine groups is 2. The summed E-state index contributed by atoms with van der Waals surface area (Å²) < 4.78 is 17.2. The lowest BCUT2D eigenvalue weighted by atomic mass is 9.99. The zero-order valence-electron chi connectivity index (χ0n) is 21.2. The number of thioether (sulfide) groups is 1. The van der Waals surface area contributed by atoms with Gasteiger partial charge in [-0.25, -0.2) is 0 Å². The molecular formula is C27H29ClN4O4S. The number of halogens is 1. The summed E-state index contributed by atoms with van der Waals surface area (Å²) in [5, 5.41) is 15.7. The number of fused-ring (bicyclic) bond motifs is 1. The molecule has 0 spiro atoms. The number of carbonyl (C=O) groups excluding carboxylic acids is 1. The van der Waals surface area contributed by atoms with Crippen LogP contribution in [0.2, 0.25) is 5.02 Å². The van der Waals surface area contributed by atoms with Crippen molar-refractivity contribution in [2.45, 2.75) is 39.5 Å². The fraction of sp³-hybridized carbons (Fsp3) is 0.333. The number of hydrogen-bond acceptors (Lipinski definition) is 7. The summed E-state index contributed by atoms with van der Waals surface area (Å²) in [6, 6.07) is 11.4. The Labute approximate surface area is 225 Å². The number of methoxy groups -OCH3 is 1. The van der Waals surface area contributed by atoms with E-state index in [4.69, 9.17) is 31.2 Å². The lowest BCUT2D eigenvalue weighted by Crippen LogP contribution is -2.35. The zero-order valence-corrected chi connectivity index (χ0v) is 22.8. The van der Waals surface area contributed by atoms with E-state index in [1.807, 2.05) is 19.1 Å². The van der Waals surface area contributed by atoms with E-state index in [0.717, 1.165) is 17.2 Å². The van der Waals surface area contributed by atoms with Gasteiger partial charge in [0.1, 0.15) is 24.0 Å². The van der Waals surface area contributed by atoms with E-state index in [1.165, 1.54) is 29.4 Å². The SMILES string of the molecule is CCC1=NN2C(=N)/C(=C\c3cc(Cl)c(OCCOc4ccc([C@@H](C)CC)cc4)c(OC)c3)C(=O)N=C2S1. The minimum absolute atomic E-state index is 0.0318. The second-order valence-corrected chi connectivity index (χ2v) is 9.92. The van der Waals surface area contributed by atoms with E-state index in [2.05, 4.69) is 36.1 Å². The van der Waals surface area contributed by atoms with Crippen molar-refractivity contribution in [1.82, 2.24) is 5.01 Å². The Kier molecular flexibility index (Phi) is 8.56. The molecule has 2 aliphatic rings. The van der Waals surface area contributed by atoms with Gasteiger partial charge in [0.15, 0.2) is 17.3 Å². The average Bonchev–Trinajstić information content (AvgIpc) is 3.32. The van der Waals surface area contributed by atoms with E-state index in [9.17, 15) is 4.79 Å². The van der Waals surface area contributed by atoms with E-state index >= 15 is 0 Å². The van der Waals surface area contributed by atoms with Gasteiger partial charge in [0, 0.05) is 0 Å². The molecule has 2 heterocycles. The molecule has 1 atom stereocenters. The number of ether oxygens (including phenoxy) is 3. The molecule has 0 bridgehead atoms. The summed E-state index contributed by atoms with van der Waals surface area (Å²) in [7, 11) is 1.51. The topological polar surface area (TPSA) is 96.6 Å². The van der Waals surface area contributed by atoms with Crippen molar-refractivity contribution in [3.05, 3.63) is 58.1 Å². The van der Waals surface area contributed by atoms with Gasteiger partial charge in [-0.05, 0) is 72.0 Å². The molecule has 0 fully saturated rings. The van der Waals surface area contributed by atoms with Crippen LogP contribution in [0.25, 0.3) is 6.08 Å². The summed E-state index contributed by atoms with van der Waals surface area (Å²) in [5.41, 5.74) is 1.97. The molecule has 0 unspecified atom stereocenters. The maximum atomic E-state index is 12.6. The number of aliphatic imine (C=N–C) groups is 1. The maximum Gasteiger partial charge on any atom is 0.283 e. The van der Waals surface area contributed by atoms with Crippen molar-refractivity contribution in [2.75, 3.05) is 20.3 Å². The first-order chi connectivity index (χ1) is 17.8. The molecule has 2 aromatic carbocycles. The first kappa shape index (κ1) is 26.8. The van der Waals surface area contributed by atoms with Gasteiger partial charge in [-0.2, -0.15) is 15.1 Å². The standard InChI is InChI=1S/C27H29ClN4O4S/c1-5-16(3)18-7-9-19(10-8-18)35-11-12-36-24-21(28)14-17(15-22(24)34-4)13-20-25(29)32-27(30-26(20)33)37-23(6-2)31-32/h7-10,13-16,29H,5-6,11-12H2,1-4H3/b20-13+,29-25?/t16-/m0/s1. The second-order valence-electron chi connectivity index (χ2n) is 8.48. The number of carbonyl (C=O) groups is 1. The molecule has 8 nitrogen and oxygen atoms in total. The lowest BCUT2D eigenvalue weighted by Gasteiger charge is -2.20. The van der Waals surface area contributed by atoms with Crippen molar-refractivity contribution in [2.24, 2.45) is 10.1 Å². The van der Waals surface area contributed by atoms with Gasteiger partial charge in [0.25, 0.3) is 5.91 Å². The largest absolute Gasteiger partial charge is 0.493 e. The number of nitrogens with zero attached hydrogens (tertiary/aromatic N) is 3. The number of hydrogen-bond donors (Lipinski definition) is 1. The molecule has 0 radical (unpaired) electrons. The van der Waals surface area contributed by atoms with Crippen LogP contribution < -0.4 is 14.2 Å². The van der Waals surface area contributed by atoms with Gasteiger partial charge in [-0.1, -0.05) is 44.5 Å². The van der Waals surface area contributed by atoms with Crippen molar-refractivity contribution >= 4 is 51.4 Å². The van der Waals surface area contributed by atoms with Crippen LogP contribution in [0.3, 0.4) is 0 Å². The molecule has 10 heteroatoms. The number of benzene rings is 2. The van der Waals surface area contributed by atoms with Gasteiger partial charge in [0.2, 0.25) is 5.17 Å². The Morgan fingerprint density at radius 1 is 1.16 bits per heavy atom. The fourth-order valence-corrected chi connectivity index (χ4v) is 4.83. The van der Waals surface area contributed by atoms with Gasteiger partial charge in [0.05, 0.1) is 17.7 Å². The quantitative estimate of drug-likeness (QED) is 0.278. The molecule has 4 rings (SSSR count). The van der Waals surface area contributed by atoms with E-state index < -0.39 is 5.91 Å². The third-order valence-electron chi connectivity index (χ3n) is 6.02. The Balaban J connectivity index is 1.43. The van der Waals surface area contributed by atoms with Crippen LogP contribution in [0.4, 0.5) is 0 Å². The molecular weight excluding hydrogens is 512 g/mol. The number of rotatable bonds is 10. The molecule has 2 aliphatic heterocycles. The zero-order chi connectivity index (χ0) is 26.5. The summed E-state index contributed by atoms with van der Waals surface area (Å²) in [4.78, 5) is 16.7. The van der Waals surface area contributed by atoms with Crippen LogP contribution in [-0.2, 0) is 4.79 Å². The highest BCUT2D eigenvalue weighted by Gasteiger charge is 2.35. The summed E-state index contributed by atoms with van der Waals surface area (Å²) in [6.45, 7) is 6.92. The minimum atomic E-state index is -0.499. The fourth-order valence-electron chi connectivity index (χ4n) is 3.74. The lowest BCUT2D eigenvalue weighted by molar-refractivity contribution is -0.114. The minimum Gasteiger partial charge on any atom is -0.493 e. The normalized spacial score (nSPS) is 16.9. The molecule has 1 amide bonds. The number of nitrogens with one attached hydrogen (secondary N) is 1. The molecule has 1 N–H and O–H groups in total. The first-order valence-electron chi connectivity index (χ1n) is 12.1. The van der Waals surface area contributed by atoms with Crippen LogP contribution in [0.5, 0.6) is 17.2 Å². The second kappa shape index (κ2) is 11.8. The van der Waals surface area contributed by atoms with E-state index in [-0.39, 0.29) is 18.0 Å². The van der Waals surface area contributed by atoms with Crippen LogP contribution in [0.15, 0.2) is 52.1 Å². The third kappa shape index (κ3) is 5.99. The molecule has 0 saturated heterocycles. The number of amides is 1. The average molecular weight is 541 g/mol. The van der Waals surface area contributed by atoms with E-state index in [1.54, 1.807) is 18.2 Å². The van der Waals surface area contributed by atoms with Crippen LogP contribution in [-0.4, -0.2) is 47.3 Å². The van der Waals surface area contributed by atoms with Crippen LogP contribution in [0, 0.1) is 5.41 Å². The Bertz CT molecular complexity index is 1290. The Morgan fingerprint density at radius 3 is 2.57 bits per heavy atom. The molecule has 0 aromatic heterocycles. The molecule has 2 aromatic rings. The van der Waals surface area contributed by atoms with Crippen molar-refractivity contribution in [3.63, 3.8) is 0 Å². The number of hydrazone groups is 1. The highest BCUT2D eigenvalue weighted by molar-refractivity contribution is 8.26. The van der Waals surface area contributed by atoms with Crippen molar-refractivity contribution < 1.29 is 19.0 Å². The summed E-state index contributed by atoms with van der Waals surface area (Å²) in [6.07, 6.45) is 3.34. The molecule has 0 aliphatic carbocycles. The molecule has 194 valence electrons. The van der Waals surface area contributed by atoms with Gasteiger partial charge in [-0.15, -0.1) is 0 Å². The van der Waals surface area contributed by atoms with E-state index in [0.29, 0.717) is 46.2 Å². The monoisotopic (exact) mass is 540 g/mol. The Hall–Kier alpha value is -3.30. The predicted molar refractivity (Wildman–Crippen MR) is 149 cm³/mol. The van der Waals surface area contributed by atoms with Crippen LogP contribution in [0.1, 0.15) is 50.7 Å².